The summed E-state index contributed by atoms with van der Waals surface area (Å²) >= 11 is 0. The number of nitrogens with zero attached hydrogens (tertiary/aromatic N) is 2. The zero-order valence-corrected chi connectivity index (χ0v) is 15.1. The molecule has 0 saturated carbocycles. The number of benzene rings is 1. The third kappa shape index (κ3) is 6.28. The molecule has 1 fully saturated rings. The lowest BCUT2D eigenvalue weighted by Crippen LogP contribution is -2.49. The number of ether oxygens (including phenoxy) is 2. The minimum atomic E-state index is -0.499. The van der Waals surface area contributed by atoms with Crippen LogP contribution in [0.2, 0.25) is 0 Å². The fraction of sp³-hybridized carbons (Fsp3) is 0.611. The van der Waals surface area contributed by atoms with Gasteiger partial charge in [0, 0.05) is 51.1 Å². The van der Waals surface area contributed by atoms with Crippen molar-refractivity contribution in [3.05, 3.63) is 29.8 Å². The summed E-state index contributed by atoms with van der Waals surface area (Å²) < 4.78 is 10.6. The molecule has 7 heteroatoms. The molecule has 2 atom stereocenters. The van der Waals surface area contributed by atoms with Crippen molar-refractivity contribution >= 4 is 11.6 Å². The number of aliphatic hydroxyl groups excluding tert-OH is 1. The lowest BCUT2D eigenvalue weighted by Gasteiger charge is -2.37. The number of nitrogens with two attached hydrogens (primary N) is 1. The predicted octanol–water partition coefficient (Wildman–Crippen LogP) is 0.320. The first-order valence-corrected chi connectivity index (χ1v) is 8.65. The van der Waals surface area contributed by atoms with Gasteiger partial charge in [0.05, 0.1) is 25.4 Å². The maximum Gasteiger partial charge on any atom is 0.248 e. The molecule has 1 aromatic carbocycles. The van der Waals surface area contributed by atoms with E-state index in [1.54, 1.807) is 19.2 Å². The third-order valence-corrected chi connectivity index (χ3v) is 4.33. The van der Waals surface area contributed by atoms with Gasteiger partial charge in [-0.25, -0.2) is 0 Å². The highest BCUT2D eigenvalue weighted by Gasteiger charge is 2.20. The molecule has 2 rings (SSSR count). The molecular weight excluding hydrogens is 322 g/mol. The van der Waals surface area contributed by atoms with E-state index >= 15 is 0 Å². The van der Waals surface area contributed by atoms with Crippen molar-refractivity contribution in [3.8, 4) is 0 Å². The molecule has 0 radical (unpaired) electrons. The van der Waals surface area contributed by atoms with Crippen LogP contribution in [0.3, 0.4) is 0 Å². The lowest BCUT2D eigenvalue weighted by molar-refractivity contribution is -0.0399. The van der Waals surface area contributed by atoms with Gasteiger partial charge in [0.15, 0.2) is 0 Å². The van der Waals surface area contributed by atoms with Crippen LogP contribution < -0.4 is 10.6 Å². The van der Waals surface area contributed by atoms with E-state index in [1.807, 2.05) is 19.1 Å². The van der Waals surface area contributed by atoms with E-state index in [1.165, 1.54) is 0 Å². The highest BCUT2D eigenvalue weighted by Crippen LogP contribution is 2.17. The highest BCUT2D eigenvalue weighted by atomic mass is 16.5. The van der Waals surface area contributed by atoms with Crippen molar-refractivity contribution < 1.29 is 19.4 Å². The second-order valence-corrected chi connectivity index (χ2v) is 6.45. The molecule has 1 amide bonds. The third-order valence-electron chi connectivity index (χ3n) is 4.33. The monoisotopic (exact) mass is 351 g/mol. The second-order valence-electron chi connectivity index (χ2n) is 6.45. The Hall–Kier alpha value is -1.67. The van der Waals surface area contributed by atoms with Gasteiger partial charge in [-0.1, -0.05) is 0 Å². The first kappa shape index (κ1) is 19.7. The lowest BCUT2D eigenvalue weighted by atomic mass is 10.1. The van der Waals surface area contributed by atoms with Crippen LogP contribution >= 0.6 is 0 Å². The number of anilines is 1. The Bertz CT molecular complexity index is 530. The Labute approximate surface area is 149 Å². The molecule has 3 N–H and O–H groups in total. The Morgan fingerprint density at radius 3 is 2.40 bits per heavy atom. The molecule has 0 unspecified atom stereocenters. The SMILES string of the molecule is COC[C@H](C)OC[C@H](O)CN1CCN(c2ccc(C(N)=O)cc2)CC1. The number of aliphatic hydroxyl groups is 1. The predicted molar refractivity (Wildman–Crippen MR) is 96.9 cm³/mol. The van der Waals surface area contributed by atoms with Gasteiger partial charge in [-0.15, -0.1) is 0 Å². The number of hydrogen-bond acceptors (Lipinski definition) is 6. The van der Waals surface area contributed by atoms with Crippen molar-refractivity contribution in [1.82, 2.24) is 4.90 Å². The number of carbonyl (C=O) groups is 1. The van der Waals surface area contributed by atoms with Crippen molar-refractivity contribution in [3.63, 3.8) is 0 Å². The number of primary amides is 1. The summed E-state index contributed by atoms with van der Waals surface area (Å²) in [6.45, 7) is 6.89. The molecule has 0 spiro atoms. The number of hydrogen-bond donors (Lipinski definition) is 2. The van der Waals surface area contributed by atoms with Crippen LogP contribution in [0.1, 0.15) is 17.3 Å². The zero-order valence-electron chi connectivity index (χ0n) is 15.1. The molecule has 7 nitrogen and oxygen atoms in total. The van der Waals surface area contributed by atoms with Gasteiger partial charge in [0.25, 0.3) is 0 Å². The first-order chi connectivity index (χ1) is 12.0. The van der Waals surface area contributed by atoms with Gasteiger partial charge in [-0.3, -0.25) is 9.69 Å². The minimum Gasteiger partial charge on any atom is -0.389 e. The number of rotatable bonds is 9. The summed E-state index contributed by atoms with van der Waals surface area (Å²) in [7, 11) is 1.64. The highest BCUT2D eigenvalue weighted by molar-refractivity contribution is 5.93. The Morgan fingerprint density at radius 2 is 1.84 bits per heavy atom. The van der Waals surface area contributed by atoms with Gasteiger partial charge in [0.1, 0.15) is 0 Å². The summed E-state index contributed by atoms with van der Waals surface area (Å²) in [5, 5.41) is 10.1. The van der Waals surface area contributed by atoms with Crippen LogP contribution in [0.4, 0.5) is 5.69 Å². The van der Waals surface area contributed by atoms with Gasteiger partial charge < -0.3 is 25.2 Å². The van der Waals surface area contributed by atoms with Crippen LogP contribution in [0.15, 0.2) is 24.3 Å². The molecule has 0 aliphatic carbocycles. The number of β-amino-alcohol motifs (C(OH)–C–C–N with tert-alkyl or cyclic N) is 1. The smallest absolute Gasteiger partial charge is 0.248 e. The van der Waals surface area contributed by atoms with Crippen molar-refractivity contribution in [1.29, 1.82) is 0 Å². The summed E-state index contributed by atoms with van der Waals surface area (Å²) in [6, 6.07) is 7.36. The standard InChI is InChI=1S/C18H29N3O4/c1-14(12-24-2)25-13-17(22)11-20-7-9-21(10-8-20)16-5-3-15(4-6-16)18(19)23/h3-6,14,17,22H,7-13H2,1-2H3,(H2,19,23)/t14-,17+/m0/s1. The van der Waals surface area contributed by atoms with Gasteiger partial charge in [0.2, 0.25) is 5.91 Å². The average molecular weight is 351 g/mol. The Kier molecular flexibility index (Phi) is 7.64. The van der Waals surface area contributed by atoms with Crippen molar-refractivity contribution in [2.24, 2.45) is 5.73 Å². The number of methoxy groups -OCH3 is 1. The van der Waals surface area contributed by atoms with Crippen LogP contribution in [-0.2, 0) is 9.47 Å². The molecule has 0 aromatic heterocycles. The largest absolute Gasteiger partial charge is 0.389 e. The normalized spacial score (nSPS) is 18.1. The summed E-state index contributed by atoms with van der Waals surface area (Å²) in [4.78, 5) is 15.6. The topological polar surface area (TPSA) is 88.3 Å². The zero-order chi connectivity index (χ0) is 18.2. The summed E-state index contributed by atoms with van der Waals surface area (Å²) in [5.74, 6) is -0.410. The fourth-order valence-corrected chi connectivity index (χ4v) is 2.93. The quantitative estimate of drug-likeness (QED) is 0.666. The van der Waals surface area contributed by atoms with Gasteiger partial charge >= 0.3 is 0 Å². The van der Waals surface area contributed by atoms with E-state index < -0.39 is 12.0 Å². The fourth-order valence-electron chi connectivity index (χ4n) is 2.93. The van der Waals surface area contributed by atoms with Gasteiger partial charge in [-0.05, 0) is 31.2 Å². The van der Waals surface area contributed by atoms with Crippen LogP contribution in [0.5, 0.6) is 0 Å². The van der Waals surface area contributed by atoms with Crippen LogP contribution in [-0.4, -0.2) is 81.2 Å². The summed E-state index contributed by atoms with van der Waals surface area (Å²) in [5.41, 5.74) is 6.87. The Morgan fingerprint density at radius 1 is 1.20 bits per heavy atom. The molecule has 1 saturated heterocycles. The average Bonchev–Trinajstić information content (AvgIpc) is 2.61. The minimum absolute atomic E-state index is 0.0140. The Balaban J connectivity index is 1.73. The van der Waals surface area contributed by atoms with E-state index in [9.17, 15) is 9.90 Å². The molecule has 0 bridgehead atoms. The molecule has 140 valence electrons. The maximum absolute atomic E-state index is 11.1. The molecule has 1 aliphatic heterocycles. The first-order valence-electron chi connectivity index (χ1n) is 8.65. The number of amides is 1. The molecule has 1 heterocycles. The second kappa shape index (κ2) is 9.72. The van der Waals surface area contributed by atoms with E-state index in [0.29, 0.717) is 25.3 Å². The van der Waals surface area contributed by atoms with Crippen molar-refractivity contribution in [2.45, 2.75) is 19.1 Å². The van der Waals surface area contributed by atoms with E-state index in [2.05, 4.69) is 9.80 Å². The van der Waals surface area contributed by atoms with Gasteiger partial charge in [-0.2, -0.15) is 0 Å². The molecular formula is C18H29N3O4. The number of piperazine rings is 1. The van der Waals surface area contributed by atoms with E-state index in [-0.39, 0.29) is 6.10 Å². The maximum atomic E-state index is 11.1. The molecule has 1 aliphatic rings. The van der Waals surface area contributed by atoms with E-state index in [4.69, 9.17) is 15.2 Å². The summed E-state index contributed by atoms with van der Waals surface area (Å²) in [6.07, 6.45) is -0.513. The molecule has 25 heavy (non-hydrogen) atoms. The number of carbonyl (C=O) groups excluding carboxylic acids is 1. The van der Waals surface area contributed by atoms with Crippen molar-refractivity contribution in [2.75, 3.05) is 57.9 Å². The van der Waals surface area contributed by atoms with Crippen LogP contribution in [0.25, 0.3) is 0 Å². The van der Waals surface area contributed by atoms with E-state index in [0.717, 1.165) is 31.9 Å². The van der Waals surface area contributed by atoms with Crippen LogP contribution in [0, 0.1) is 0 Å². The molecule has 1 aromatic rings.